The summed E-state index contributed by atoms with van der Waals surface area (Å²) in [4.78, 5) is 14.3. The lowest BCUT2D eigenvalue weighted by molar-refractivity contribution is 0.0254. The van der Waals surface area contributed by atoms with Crippen LogP contribution in [0.5, 0.6) is 0 Å². The Labute approximate surface area is 120 Å². The first-order valence-corrected chi connectivity index (χ1v) is 6.88. The Morgan fingerprint density at radius 2 is 1.89 bits per heavy atom. The quantitative estimate of drug-likeness (QED) is 0.816. The van der Waals surface area contributed by atoms with E-state index in [4.69, 9.17) is 11.6 Å². The Morgan fingerprint density at radius 1 is 1.37 bits per heavy atom. The van der Waals surface area contributed by atoms with Gasteiger partial charge in [-0.05, 0) is 51.6 Å². The second kappa shape index (κ2) is 6.51. The fraction of sp³-hybridized carbons (Fsp3) is 0.533. The Balaban J connectivity index is 2.82. The molecular weight excluding hydrogens is 262 g/mol. The van der Waals surface area contributed by atoms with Crippen molar-refractivity contribution in [1.82, 2.24) is 4.90 Å². The third-order valence-corrected chi connectivity index (χ3v) is 3.30. The molecule has 1 N–H and O–H groups in total. The molecule has 4 heteroatoms. The van der Waals surface area contributed by atoms with Crippen LogP contribution < -0.4 is 0 Å². The molecule has 106 valence electrons. The van der Waals surface area contributed by atoms with Crippen molar-refractivity contribution in [2.24, 2.45) is 0 Å². The van der Waals surface area contributed by atoms with Crippen molar-refractivity contribution in [2.45, 2.75) is 39.3 Å². The highest BCUT2D eigenvalue weighted by molar-refractivity contribution is 6.30. The van der Waals surface area contributed by atoms with Crippen LogP contribution in [0.15, 0.2) is 24.3 Å². The first-order valence-electron chi connectivity index (χ1n) is 6.51. The van der Waals surface area contributed by atoms with Gasteiger partial charge < -0.3 is 5.11 Å². The lowest BCUT2D eigenvalue weighted by atomic mass is 10.0. The van der Waals surface area contributed by atoms with E-state index in [1.54, 1.807) is 38.1 Å². The van der Waals surface area contributed by atoms with E-state index in [-0.39, 0.29) is 11.8 Å². The summed E-state index contributed by atoms with van der Waals surface area (Å²) >= 11 is 5.82. The van der Waals surface area contributed by atoms with E-state index in [1.807, 2.05) is 18.7 Å². The summed E-state index contributed by atoms with van der Waals surface area (Å²) in [5, 5.41) is 10.5. The molecule has 0 heterocycles. The largest absolute Gasteiger partial charge is 0.389 e. The Kier molecular flexibility index (Phi) is 5.53. The van der Waals surface area contributed by atoms with Crippen LogP contribution in [-0.4, -0.2) is 40.5 Å². The maximum Gasteiger partial charge on any atom is 0.179 e. The zero-order valence-corrected chi connectivity index (χ0v) is 12.7. The predicted molar refractivity (Wildman–Crippen MR) is 78.8 cm³/mol. The molecule has 0 aliphatic rings. The van der Waals surface area contributed by atoms with E-state index in [2.05, 4.69) is 0 Å². The molecule has 1 aromatic carbocycles. The number of halogens is 1. The van der Waals surface area contributed by atoms with Gasteiger partial charge in [0, 0.05) is 17.1 Å². The van der Waals surface area contributed by atoms with E-state index < -0.39 is 5.60 Å². The van der Waals surface area contributed by atoms with E-state index in [1.165, 1.54) is 0 Å². The molecule has 0 saturated heterocycles. The number of ketones is 1. The monoisotopic (exact) mass is 283 g/mol. The van der Waals surface area contributed by atoms with Gasteiger partial charge in [0.2, 0.25) is 0 Å². The average molecular weight is 284 g/mol. The van der Waals surface area contributed by atoms with Crippen LogP contribution in [0, 0.1) is 0 Å². The number of benzene rings is 1. The van der Waals surface area contributed by atoms with Crippen molar-refractivity contribution in [3.63, 3.8) is 0 Å². The molecule has 0 amide bonds. The number of likely N-dealkylation sites (N-methyl/N-ethyl adjacent to an activating group) is 1. The average Bonchev–Trinajstić information content (AvgIpc) is 2.34. The molecule has 1 atom stereocenters. The minimum atomic E-state index is -0.815. The number of aliphatic hydroxyl groups is 1. The molecule has 0 fully saturated rings. The number of carbonyl (C=O) groups excluding carboxylic acids is 1. The van der Waals surface area contributed by atoms with Crippen molar-refractivity contribution >= 4 is 17.4 Å². The van der Waals surface area contributed by atoms with Crippen molar-refractivity contribution in [3.8, 4) is 0 Å². The topological polar surface area (TPSA) is 40.5 Å². The highest BCUT2D eigenvalue weighted by atomic mass is 35.5. The second-order valence-electron chi connectivity index (χ2n) is 5.42. The highest BCUT2D eigenvalue weighted by Gasteiger charge is 2.26. The molecule has 3 nitrogen and oxygen atoms in total. The molecule has 0 aliphatic carbocycles. The molecule has 0 bridgehead atoms. The second-order valence-corrected chi connectivity index (χ2v) is 5.86. The van der Waals surface area contributed by atoms with Crippen LogP contribution in [0.2, 0.25) is 5.02 Å². The molecule has 1 unspecified atom stereocenters. The van der Waals surface area contributed by atoms with Crippen LogP contribution in [0.4, 0.5) is 0 Å². The maximum absolute atomic E-state index is 12.4. The third-order valence-electron chi connectivity index (χ3n) is 3.05. The number of hydrogen-bond donors (Lipinski definition) is 1. The van der Waals surface area contributed by atoms with Gasteiger partial charge >= 0.3 is 0 Å². The molecule has 0 aromatic heterocycles. The molecular formula is C15H22ClNO2. The molecule has 0 aliphatic heterocycles. The minimum Gasteiger partial charge on any atom is -0.389 e. The Bertz CT molecular complexity index is 423. The summed E-state index contributed by atoms with van der Waals surface area (Å²) in [5.74, 6) is 0.0442. The third kappa shape index (κ3) is 4.94. The van der Waals surface area contributed by atoms with Crippen LogP contribution in [0.3, 0.4) is 0 Å². The number of hydrogen-bond acceptors (Lipinski definition) is 3. The normalized spacial score (nSPS) is 13.6. The number of Topliss-reactive ketones (excluding diaryl/α,β-unsaturated/α-hetero) is 1. The zero-order valence-electron chi connectivity index (χ0n) is 12.0. The molecule has 19 heavy (non-hydrogen) atoms. The number of nitrogens with zero attached hydrogens (tertiary/aromatic N) is 1. The molecule has 1 rings (SSSR count). The van der Waals surface area contributed by atoms with E-state index in [0.717, 1.165) is 0 Å². The van der Waals surface area contributed by atoms with Gasteiger partial charge in [-0.3, -0.25) is 9.69 Å². The first kappa shape index (κ1) is 16.2. The lowest BCUT2D eigenvalue weighted by Crippen LogP contribution is -2.46. The van der Waals surface area contributed by atoms with E-state index >= 15 is 0 Å². The summed E-state index contributed by atoms with van der Waals surface area (Å²) in [6, 6.07) is 6.64. The van der Waals surface area contributed by atoms with Crippen LogP contribution in [0.1, 0.15) is 38.1 Å². The van der Waals surface area contributed by atoms with Gasteiger partial charge in [0.15, 0.2) is 5.78 Å². The fourth-order valence-electron chi connectivity index (χ4n) is 2.04. The molecule has 0 spiro atoms. The zero-order chi connectivity index (χ0) is 14.6. The summed E-state index contributed by atoms with van der Waals surface area (Å²) < 4.78 is 0. The van der Waals surface area contributed by atoms with Crippen molar-refractivity contribution in [3.05, 3.63) is 34.9 Å². The summed E-state index contributed by atoms with van der Waals surface area (Å²) in [6.07, 6.45) is 0. The van der Waals surface area contributed by atoms with Gasteiger partial charge in [-0.1, -0.05) is 18.5 Å². The number of carbonyl (C=O) groups is 1. The molecule has 1 aromatic rings. The van der Waals surface area contributed by atoms with E-state index in [9.17, 15) is 9.90 Å². The highest BCUT2D eigenvalue weighted by Crippen LogP contribution is 2.15. The van der Waals surface area contributed by atoms with Crippen LogP contribution in [-0.2, 0) is 0 Å². The Morgan fingerprint density at radius 3 is 2.32 bits per heavy atom. The molecule has 0 radical (unpaired) electrons. The van der Waals surface area contributed by atoms with Gasteiger partial charge in [0.25, 0.3) is 0 Å². The van der Waals surface area contributed by atoms with Crippen molar-refractivity contribution < 1.29 is 9.90 Å². The van der Waals surface area contributed by atoms with Gasteiger partial charge in [0.1, 0.15) is 0 Å². The summed E-state index contributed by atoms with van der Waals surface area (Å²) in [7, 11) is 0. The van der Waals surface area contributed by atoms with E-state index in [0.29, 0.717) is 23.7 Å². The summed E-state index contributed by atoms with van der Waals surface area (Å²) in [6.45, 7) is 8.52. The minimum absolute atomic E-state index is 0.0442. The van der Waals surface area contributed by atoms with Gasteiger partial charge in [-0.25, -0.2) is 0 Å². The fourth-order valence-corrected chi connectivity index (χ4v) is 2.17. The first-order chi connectivity index (χ1) is 8.74. The summed E-state index contributed by atoms with van der Waals surface area (Å²) in [5.41, 5.74) is -0.170. The smallest absolute Gasteiger partial charge is 0.179 e. The number of rotatable bonds is 6. The van der Waals surface area contributed by atoms with Crippen LogP contribution >= 0.6 is 11.6 Å². The van der Waals surface area contributed by atoms with Crippen molar-refractivity contribution in [2.75, 3.05) is 13.1 Å². The van der Waals surface area contributed by atoms with Gasteiger partial charge in [-0.2, -0.15) is 0 Å². The predicted octanol–water partition coefficient (Wildman–Crippen LogP) is 3.00. The Hall–Kier alpha value is -0.900. The lowest BCUT2D eigenvalue weighted by Gasteiger charge is -2.32. The maximum atomic E-state index is 12.4. The SMILES string of the molecule is CCN(CC(C)(C)O)C(C)C(=O)c1ccc(Cl)cc1. The van der Waals surface area contributed by atoms with Crippen molar-refractivity contribution in [1.29, 1.82) is 0 Å². The van der Waals surface area contributed by atoms with Gasteiger partial charge in [-0.15, -0.1) is 0 Å². The molecule has 0 saturated carbocycles. The van der Waals surface area contributed by atoms with Crippen LogP contribution in [0.25, 0.3) is 0 Å². The van der Waals surface area contributed by atoms with Gasteiger partial charge in [0.05, 0.1) is 11.6 Å². The standard InChI is InChI=1S/C15H22ClNO2/c1-5-17(10-15(3,4)19)11(2)14(18)12-6-8-13(16)9-7-12/h6-9,11,19H,5,10H2,1-4H3.